The number of aliphatic hydroxyl groups excluding tert-OH is 1. The van der Waals surface area contributed by atoms with Gasteiger partial charge in [0.2, 0.25) is 5.88 Å². The number of amides is 1. The summed E-state index contributed by atoms with van der Waals surface area (Å²) in [5.41, 5.74) is 2.55. The van der Waals surface area contributed by atoms with E-state index in [4.69, 9.17) is 12.2 Å². The van der Waals surface area contributed by atoms with Crippen LogP contribution in [0.25, 0.3) is 0 Å². The zero-order valence-electron chi connectivity index (χ0n) is 10.7. The number of thiazole rings is 1. The van der Waals surface area contributed by atoms with Crippen molar-refractivity contribution >= 4 is 35.4 Å². The summed E-state index contributed by atoms with van der Waals surface area (Å²) >= 11 is 6.24. The highest BCUT2D eigenvalue weighted by Gasteiger charge is 2.15. The van der Waals surface area contributed by atoms with Gasteiger partial charge in [-0.15, -0.1) is 0 Å². The Morgan fingerprint density at radius 2 is 2.32 bits per heavy atom. The van der Waals surface area contributed by atoms with E-state index in [0.717, 1.165) is 11.3 Å². The summed E-state index contributed by atoms with van der Waals surface area (Å²) in [4.78, 5) is 11.3. The molecule has 0 bridgehead atoms. The quantitative estimate of drug-likeness (QED) is 0.444. The lowest BCUT2D eigenvalue weighted by Crippen LogP contribution is -2.18. The molecule has 0 saturated heterocycles. The second-order valence-electron chi connectivity index (χ2n) is 3.78. The van der Waals surface area contributed by atoms with Crippen molar-refractivity contribution in [2.24, 2.45) is 5.10 Å². The predicted octanol–water partition coefficient (Wildman–Crippen LogP) is 1.45. The lowest BCUT2D eigenvalue weighted by molar-refractivity contribution is 0.169. The maximum Gasteiger partial charge on any atom is 0.427 e. The minimum absolute atomic E-state index is 0.0798. The number of hydrogen-bond donors (Lipinski definition) is 3. The van der Waals surface area contributed by atoms with Crippen LogP contribution in [0.15, 0.2) is 5.10 Å². The van der Waals surface area contributed by atoms with E-state index in [1.54, 1.807) is 13.8 Å². The summed E-state index contributed by atoms with van der Waals surface area (Å²) in [6.07, 6.45) is -1.34. The van der Waals surface area contributed by atoms with Gasteiger partial charge in [-0.2, -0.15) is 5.10 Å². The molecule has 9 heteroatoms. The molecule has 1 atom stereocenters. The molecule has 1 amide bonds. The topological polar surface area (TPSA) is 96.1 Å². The molecule has 1 unspecified atom stereocenters. The summed E-state index contributed by atoms with van der Waals surface area (Å²) in [7, 11) is 1.22. The van der Waals surface area contributed by atoms with Gasteiger partial charge in [-0.25, -0.2) is 10.2 Å². The lowest BCUT2D eigenvalue weighted by Gasteiger charge is -2.07. The lowest BCUT2D eigenvalue weighted by atomic mass is 10.3. The van der Waals surface area contributed by atoms with Gasteiger partial charge < -0.3 is 14.9 Å². The predicted molar refractivity (Wildman–Crippen MR) is 74.2 cm³/mol. The molecular formula is C10H15N3O4S2. The van der Waals surface area contributed by atoms with E-state index in [1.807, 2.05) is 0 Å². The summed E-state index contributed by atoms with van der Waals surface area (Å²) in [6.45, 7) is 3.40. The fourth-order valence-corrected chi connectivity index (χ4v) is 2.54. The number of rotatable bonds is 4. The van der Waals surface area contributed by atoms with Gasteiger partial charge in [0.05, 0.1) is 25.5 Å². The van der Waals surface area contributed by atoms with E-state index in [0.29, 0.717) is 14.5 Å². The fraction of sp³-hybridized carbons (Fsp3) is 0.500. The molecular weight excluding hydrogens is 290 g/mol. The highest BCUT2D eigenvalue weighted by Crippen LogP contribution is 2.26. The second kappa shape index (κ2) is 6.64. The molecule has 0 aliphatic rings. The van der Waals surface area contributed by atoms with E-state index in [1.165, 1.54) is 11.7 Å². The molecule has 1 aromatic rings. The highest BCUT2D eigenvalue weighted by atomic mass is 32.1. The number of hydrogen-bond acceptors (Lipinski definition) is 7. The maximum absolute atomic E-state index is 10.9. The number of aromatic nitrogens is 1. The van der Waals surface area contributed by atoms with Crippen LogP contribution in [0.1, 0.15) is 18.7 Å². The van der Waals surface area contributed by atoms with Crippen LogP contribution in [-0.4, -0.2) is 39.8 Å². The number of aliphatic hydroxyl groups is 1. The average Bonchev–Trinajstić information content (AvgIpc) is 2.63. The van der Waals surface area contributed by atoms with Crippen LogP contribution in [0.4, 0.5) is 4.79 Å². The van der Waals surface area contributed by atoms with Gasteiger partial charge in [0.25, 0.3) is 0 Å². The number of carbonyl (C=O) groups is 1. The van der Waals surface area contributed by atoms with Crippen LogP contribution < -0.4 is 5.43 Å². The van der Waals surface area contributed by atoms with Crippen LogP contribution in [-0.2, 0) is 11.3 Å². The number of hydrazone groups is 1. The molecule has 0 aromatic carbocycles. The summed E-state index contributed by atoms with van der Waals surface area (Å²) < 4.78 is 6.20. The van der Waals surface area contributed by atoms with Gasteiger partial charge in [-0.3, -0.25) is 4.57 Å². The third kappa shape index (κ3) is 4.01. The zero-order valence-corrected chi connectivity index (χ0v) is 12.3. The number of aromatic hydroxyl groups is 1. The van der Waals surface area contributed by atoms with E-state index in [9.17, 15) is 15.0 Å². The van der Waals surface area contributed by atoms with Crippen LogP contribution in [0.3, 0.4) is 0 Å². The van der Waals surface area contributed by atoms with Gasteiger partial charge in [-0.05, 0) is 26.1 Å². The molecule has 7 nitrogen and oxygen atoms in total. The molecule has 1 heterocycles. The molecule has 0 aliphatic carbocycles. The first-order chi connectivity index (χ1) is 8.86. The molecule has 19 heavy (non-hydrogen) atoms. The normalized spacial score (nSPS) is 13.2. The number of nitrogens with one attached hydrogen (secondary N) is 1. The number of carbonyl (C=O) groups excluding carboxylic acids is 1. The van der Waals surface area contributed by atoms with Crippen LogP contribution in [0, 0.1) is 3.95 Å². The first-order valence-corrected chi connectivity index (χ1v) is 6.58. The summed E-state index contributed by atoms with van der Waals surface area (Å²) in [6, 6.07) is 0. The molecule has 0 spiro atoms. The van der Waals surface area contributed by atoms with Crippen LogP contribution in [0.5, 0.6) is 5.88 Å². The molecule has 3 N–H and O–H groups in total. The second-order valence-corrected chi connectivity index (χ2v) is 5.43. The smallest absolute Gasteiger partial charge is 0.427 e. The van der Waals surface area contributed by atoms with E-state index < -0.39 is 12.2 Å². The maximum atomic E-state index is 10.9. The Kier molecular flexibility index (Phi) is 5.45. The van der Waals surface area contributed by atoms with Crippen molar-refractivity contribution in [2.45, 2.75) is 26.5 Å². The Morgan fingerprint density at radius 3 is 2.84 bits per heavy atom. The highest BCUT2D eigenvalue weighted by molar-refractivity contribution is 7.73. The standard InChI is InChI=1S/C10H15N3O4S2/c1-5(14)4-13-8(15)7(19-10(13)18)6(2)11-12-9(16)17-3/h5,14-15H,4H2,1-3H3,(H,12,16)/b11-6+. The van der Waals surface area contributed by atoms with E-state index in [2.05, 4.69) is 15.3 Å². The minimum Gasteiger partial charge on any atom is -0.493 e. The van der Waals surface area contributed by atoms with E-state index in [-0.39, 0.29) is 12.4 Å². The third-order valence-corrected chi connectivity index (χ3v) is 3.69. The number of methoxy groups -OCH3 is 1. The van der Waals surface area contributed by atoms with Gasteiger partial charge in [0, 0.05) is 0 Å². The van der Waals surface area contributed by atoms with Gasteiger partial charge in [0.1, 0.15) is 4.88 Å². The van der Waals surface area contributed by atoms with Gasteiger partial charge >= 0.3 is 6.09 Å². The van der Waals surface area contributed by atoms with Crippen molar-refractivity contribution in [2.75, 3.05) is 7.11 Å². The molecule has 1 rings (SSSR count). The van der Waals surface area contributed by atoms with Gasteiger partial charge in [-0.1, -0.05) is 11.3 Å². The molecule has 0 aliphatic heterocycles. The van der Waals surface area contributed by atoms with Crippen molar-refractivity contribution < 1.29 is 19.7 Å². The number of ether oxygens (including phenoxy) is 1. The Morgan fingerprint density at radius 1 is 1.68 bits per heavy atom. The van der Waals surface area contributed by atoms with Crippen molar-refractivity contribution in [1.29, 1.82) is 0 Å². The Balaban J connectivity index is 3.02. The van der Waals surface area contributed by atoms with Crippen molar-refractivity contribution in [3.8, 4) is 5.88 Å². The summed E-state index contributed by atoms with van der Waals surface area (Å²) in [5, 5.41) is 23.1. The Labute approximate surface area is 119 Å². The monoisotopic (exact) mass is 305 g/mol. The van der Waals surface area contributed by atoms with Crippen molar-refractivity contribution in [1.82, 2.24) is 9.99 Å². The molecule has 106 valence electrons. The van der Waals surface area contributed by atoms with Crippen molar-refractivity contribution in [3.63, 3.8) is 0 Å². The SMILES string of the molecule is COC(=O)N/N=C(\C)c1sc(=S)n(CC(C)O)c1O. The fourth-order valence-electron chi connectivity index (χ4n) is 1.28. The van der Waals surface area contributed by atoms with Crippen molar-refractivity contribution in [3.05, 3.63) is 8.83 Å². The molecule has 0 saturated carbocycles. The first-order valence-electron chi connectivity index (χ1n) is 5.36. The number of nitrogens with zero attached hydrogens (tertiary/aromatic N) is 2. The third-order valence-electron chi connectivity index (χ3n) is 2.14. The minimum atomic E-state index is -0.703. The molecule has 1 aromatic heterocycles. The molecule has 0 radical (unpaired) electrons. The largest absolute Gasteiger partial charge is 0.493 e. The van der Waals surface area contributed by atoms with Crippen LogP contribution in [0.2, 0.25) is 0 Å². The Bertz CT molecular complexity index is 547. The average molecular weight is 305 g/mol. The van der Waals surface area contributed by atoms with Crippen LogP contribution >= 0.6 is 23.6 Å². The van der Waals surface area contributed by atoms with E-state index >= 15 is 0 Å². The Hall–Kier alpha value is -1.45. The van der Waals surface area contributed by atoms with Gasteiger partial charge in [0.15, 0.2) is 3.95 Å². The summed E-state index contributed by atoms with van der Waals surface area (Å²) in [5.74, 6) is -0.0798. The molecule has 0 fully saturated rings. The zero-order chi connectivity index (χ0) is 14.6. The first kappa shape index (κ1) is 15.6.